The first-order valence-electron chi connectivity index (χ1n) is 7.52. The summed E-state index contributed by atoms with van der Waals surface area (Å²) >= 11 is 6.12. The maximum Gasteiger partial charge on any atom is 0.168 e. The van der Waals surface area contributed by atoms with Crippen LogP contribution in [0.4, 0.5) is 0 Å². The zero-order valence-electron chi connectivity index (χ0n) is 13.4. The lowest BCUT2D eigenvalue weighted by Crippen LogP contribution is -2.00. The molecule has 0 saturated carbocycles. The van der Waals surface area contributed by atoms with Gasteiger partial charge in [-0.05, 0) is 62.7 Å². The van der Waals surface area contributed by atoms with Crippen LogP contribution in [-0.4, -0.2) is 21.4 Å². The van der Waals surface area contributed by atoms with E-state index in [9.17, 15) is 0 Å². The van der Waals surface area contributed by atoms with Crippen LogP contribution < -0.4 is 4.74 Å². The van der Waals surface area contributed by atoms with E-state index in [4.69, 9.17) is 16.3 Å². The van der Waals surface area contributed by atoms with Gasteiger partial charge in [0, 0.05) is 10.6 Å². The van der Waals surface area contributed by atoms with Crippen molar-refractivity contribution in [3.05, 3.63) is 58.9 Å². The maximum atomic E-state index is 6.12. The molecular weight excluding hydrogens is 310 g/mol. The Labute approximate surface area is 140 Å². The predicted octanol–water partition coefficient (Wildman–Crippen LogP) is 4.60. The molecule has 0 aliphatic heterocycles. The van der Waals surface area contributed by atoms with Crippen LogP contribution in [0.3, 0.4) is 0 Å². The summed E-state index contributed by atoms with van der Waals surface area (Å²) in [5.41, 5.74) is 3.01. The summed E-state index contributed by atoms with van der Waals surface area (Å²) in [5, 5.41) is 9.25. The lowest BCUT2D eigenvalue weighted by atomic mass is 10.1. The molecule has 0 amide bonds. The molecule has 3 rings (SSSR count). The van der Waals surface area contributed by atoms with E-state index in [-0.39, 0.29) is 0 Å². The molecule has 3 aromatic rings. The van der Waals surface area contributed by atoms with E-state index in [0.29, 0.717) is 11.6 Å². The molecule has 0 spiro atoms. The lowest BCUT2D eigenvalue weighted by molar-refractivity contribution is 0.338. The third-order valence-electron chi connectivity index (χ3n) is 3.62. The molecule has 0 radical (unpaired) electrons. The number of hydrogen-bond donors (Lipinski definition) is 0. The van der Waals surface area contributed by atoms with Crippen molar-refractivity contribution in [2.45, 2.75) is 20.8 Å². The van der Waals surface area contributed by atoms with E-state index in [1.54, 1.807) is 0 Å². The Balaban J connectivity index is 2.10. The van der Waals surface area contributed by atoms with E-state index in [0.717, 1.165) is 34.2 Å². The van der Waals surface area contributed by atoms with Crippen LogP contribution in [0.2, 0.25) is 5.02 Å². The minimum Gasteiger partial charge on any atom is -0.494 e. The van der Waals surface area contributed by atoms with Gasteiger partial charge >= 0.3 is 0 Å². The fourth-order valence-corrected chi connectivity index (χ4v) is 2.76. The Kier molecular flexibility index (Phi) is 4.35. The normalized spacial score (nSPS) is 10.8. The van der Waals surface area contributed by atoms with Crippen LogP contribution in [0.5, 0.6) is 5.75 Å². The molecule has 0 aliphatic carbocycles. The Morgan fingerprint density at radius 1 is 1.09 bits per heavy atom. The van der Waals surface area contributed by atoms with Gasteiger partial charge in [-0.25, -0.2) is 0 Å². The number of aromatic nitrogens is 3. The second-order valence-electron chi connectivity index (χ2n) is 5.30. The van der Waals surface area contributed by atoms with Gasteiger partial charge in [0.25, 0.3) is 0 Å². The van der Waals surface area contributed by atoms with Gasteiger partial charge in [0.05, 0.1) is 12.3 Å². The third-order valence-corrected chi connectivity index (χ3v) is 3.86. The highest BCUT2D eigenvalue weighted by molar-refractivity contribution is 6.30. The molecule has 1 heterocycles. The molecule has 0 unspecified atom stereocenters. The van der Waals surface area contributed by atoms with Crippen molar-refractivity contribution in [3.8, 4) is 22.8 Å². The van der Waals surface area contributed by atoms with E-state index >= 15 is 0 Å². The largest absolute Gasteiger partial charge is 0.494 e. The first kappa shape index (κ1) is 15.6. The Morgan fingerprint density at radius 3 is 2.61 bits per heavy atom. The maximum absolute atomic E-state index is 6.12. The summed E-state index contributed by atoms with van der Waals surface area (Å²) in [6, 6.07) is 13.7. The molecule has 0 N–H and O–H groups in total. The summed E-state index contributed by atoms with van der Waals surface area (Å²) in [6.07, 6.45) is 0. The van der Waals surface area contributed by atoms with Gasteiger partial charge in [0.15, 0.2) is 5.82 Å². The summed E-state index contributed by atoms with van der Waals surface area (Å²) in [4.78, 5) is 0. The highest BCUT2D eigenvalue weighted by Crippen LogP contribution is 2.28. The number of rotatable bonds is 4. The Hall–Kier alpha value is -2.33. The van der Waals surface area contributed by atoms with E-state index in [2.05, 4.69) is 16.3 Å². The van der Waals surface area contributed by atoms with E-state index in [1.807, 2.05) is 61.7 Å². The fraction of sp³-hybridized carbons (Fsp3) is 0.222. The molecule has 0 fully saturated rings. The SMILES string of the molecule is CCOc1ccc(-c2nnc(C)n2-c2cccc(Cl)c2)cc1C. The predicted molar refractivity (Wildman–Crippen MR) is 92.4 cm³/mol. The van der Waals surface area contributed by atoms with Crippen LogP contribution in [0, 0.1) is 13.8 Å². The topological polar surface area (TPSA) is 39.9 Å². The average Bonchev–Trinajstić information content (AvgIpc) is 2.91. The average molecular weight is 328 g/mol. The quantitative estimate of drug-likeness (QED) is 0.703. The van der Waals surface area contributed by atoms with Crippen LogP contribution in [-0.2, 0) is 0 Å². The van der Waals surface area contributed by atoms with E-state index in [1.165, 1.54) is 0 Å². The number of halogens is 1. The van der Waals surface area contributed by atoms with Gasteiger partial charge in [0.1, 0.15) is 11.6 Å². The highest BCUT2D eigenvalue weighted by atomic mass is 35.5. The molecule has 2 aromatic carbocycles. The molecule has 0 atom stereocenters. The van der Waals surface area contributed by atoms with Crippen molar-refractivity contribution in [1.82, 2.24) is 14.8 Å². The molecule has 0 aliphatic rings. The summed E-state index contributed by atoms with van der Waals surface area (Å²) in [5.74, 6) is 2.49. The van der Waals surface area contributed by atoms with Gasteiger partial charge in [-0.15, -0.1) is 10.2 Å². The van der Waals surface area contributed by atoms with Crippen LogP contribution >= 0.6 is 11.6 Å². The second kappa shape index (κ2) is 6.42. The van der Waals surface area contributed by atoms with Crippen molar-refractivity contribution in [3.63, 3.8) is 0 Å². The van der Waals surface area contributed by atoms with Gasteiger partial charge in [-0.2, -0.15) is 0 Å². The Morgan fingerprint density at radius 2 is 1.91 bits per heavy atom. The van der Waals surface area contributed by atoms with Gasteiger partial charge in [-0.1, -0.05) is 17.7 Å². The molecule has 118 valence electrons. The van der Waals surface area contributed by atoms with Gasteiger partial charge in [0.2, 0.25) is 0 Å². The fourth-order valence-electron chi connectivity index (χ4n) is 2.58. The molecule has 5 heteroatoms. The number of aryl methyl sites for hydroxylation is 2. The van der Waals surface area contributed by atoms with Crippen molar-refractivity contribution < 1.29 is 4.74 Å². The molecular formula is C18H18ClN3O. The summed E-state index contributed by atoms with van der Waals surface area (Å²) in [7, 11) is 0. The minimum atomic E-state index is 0.651. The number of ether oxygens (including phenoxy) is 1. The van der Waals surface area contributed by atoms with Crippen molar-refractivity contribution in [2.75, 3.05) is 6.61 Å². The molecule has 4 nitrogen and oxygen atoms in total. The van der Waals surface area contributed by atoms with Crippen LogP contribution in [0.1, 0.15) is 18.3 Å². The minimum absolute atomic E-state index is 0.651. The van der Waals surface area contributed by atoms with Crippen LogP contribution in [0.15, 0.2) is 42.5 Å². The van der Waals surface area contributed by atoms with Gasteiger partial charge in [-0.3, -0.25) is 4.57 Å². The molecule has 0 bridgehead atoms. The van der Waals surface area contributed by atoms with Gasteiger partial charge < -0.3 is 4.74 Å². The zero-order chi connectivity index (χ0) is 16.4. The van der Waals surface area contributed by atoms with Crippen LogP contribution in [0.25, 0.3) is 17.1 Å². The number of nitrogens with zero attached hydrogens (tertiary/aromatic N) is 3. The molecule has 1 aromatic heterocycles. The molecule has 0 saturated heterocycles. The van der Waals surface area contributed by atoms with Crippen molar-refractivity contribution >= 4 is 11.6 Å². The third kappa shape index (κ3) is 3.08. The first-order chi connectivity index (χ1) is 11.1. The zero-order valence-corrected chi connectivity index (χ0v) is 14.1. The standard InChI is InChI=1S/C18H18ClN3O/c1-4-23-17-9-8-14(10-12(17)2)18-21-20-13(3)22(18)16-7-5-6-15(19)11-16/h5-11H,4H2,1-3H3. The van der Waals surface area contributed by atoms with Crippen molar-refractivity contribution in [1.29, 1.82) is 0 Å². The smallest absolute Gasteiger partial charge is 0.168 e. The van der Waals surface area contributed by atoms with E-state index < -0.39 is 0 Å². The lowest BCUT2D eigenvalue weighted by Gasteiger charge is -2.11. The monoisotopic (exact) mass is 327 g/mol. The summed E-state index contributed by atoms with van der Waals surface area (Å²) < 4.78 is 7.60. The van der Waals surface area contributed by atoms with Crippen molar-refractivity contribution in [2.24, 2.45) is 0 Å². The molecule has 23 heavy (non-hydrogen) atoms. The number of hydrogen-bond acceptors (Lipinski definition) is 3. The Bertz CT molecular complexity index is 842. The summed E-state index contributed by atoms with van der Waals surface area (Å²) in [6.45, 7) is 6.59. The second-order valence-corrected chi connectivity index (χ2v) is 5.74. The number of benzene rings is 2. The first-order valence-corrected chi connectivity index (χ1v) is 7.89. The highest BCUT2D eigenvalue weighted by Gasteiger charge is 2.14.